The number of amidine groups is 1. The molecule has 3 heterocycles. The Balaban J connectivity index is 1.58. The van der Waals surface area contributed by atoms with Crippen molar-refractivity contribution in [2.45, 2.75) is 37.8 Å². The van der Waals surface area contributed by atoms with Crippen LogP contribution in [0.3, 0.4) is 0 Å². The van der Waals surface area contributed by atoms with Crippen LogP contribution < -0.4 is 5.32 Å². The summed E-state index contributed by atoms with van der Waals surface area (Å²) in [5, 5.41) is 9.13. The Kier molecular flexibility index (Phi) is 4.15. The molecular formula is C14H20N2OS2. The number of thioether (sulfide) groups is 1. The van der Waals surface area contributed by atoms with Crippen molar-refractivity contribution in [1.82, 2.24) is 5.32 Å². The van der Waals surface area contributed by atoms with Gasteiger partial charge in [-0.1, -0.05) is 11.8 Å². The van der Waals surface area contributed by atoms with Gasteiger partial charge in [0.1, 0.15) is 0 Å². The highest BCUT2D eigenvalue weighted by Gasteiger charge is 2.38. The van der Waals surface area contributed by atoms with Crippen molar-refractivity contribution in [3.8, 4) is 0 Å². The van der Waals surface area contributed by atoms with Gasteiger partial charge in [0, 0.05) is 19.0 Å². The van der Waals surface area contributed by atoms with Crippen LogP contribution in [0, 0.1) is 0 Å². The topological polar surface area (TPSA) is 33.6 Å². The molecule has 2 fully saturated rings. The number of hydrogen-bond donors (Lipinski definition) is 1. The molecule has 2 aliphatic heterocycles. The lowest BCUT2D eigenvalue weighted by atomic mass is 9.93. The summed E-state index contributed by atoms with van der Waals surface area (Å²) in [6, 6.07) is 2.54. The summed E-state index contributed by atoms with van der Waals surface area (Å²) in [7, 11) is 0. The Hall–Kier alpha value is -0.520. The van der Waals surface area contributed by atoms with Crippen LogP contribution in [0.5, 0.6) is 0 Å². The van der Waals surface area contributed by atoms with Crippen molar-refractivity contribution in [1.29, 1.82) is 0 Å². The molecule has 19 heavy (non-hydrogen) atoms. The average molecular weight is 296 g/mol. The van der Waals surface area contributed by atoms with E-state index in [-0.39, 0.29) is 5.54 Å². The monoisotopic (exact) mass is 296 g/mol. The number of ether oxygens (including phenoxy) is 1. The summed E-state index contributed by atoms with van der Waals surface area (Å²) in [6.07, 6.45) is 3.25. The van der Waals surface area contributed by atoms with Crippen molar-refractivity contribution in [2.75, 3.05) is 19.0 Å². The summed E-state index contributed by atoms with van der Waals surface area (Å²) in [6.45, 7) is 3.96. The van der Waals surface area contributed by atoms with Crippen molar-refractivity contribution in [3.05, 3.63) is 22.4 Å². The first kappa shape index (κ1) is 13.5. The van der Waals surface area contributed by atoms with E-state index >= 15 is 0 Å². The first-order valence-corrected chi connectivity index (χ1v) is 8.76. The van der Waals surface area contributed by atoms with Gasteiger partial charge in [0.25, 0.3) is 0 Å². The molecule has 0 aromatic carbocycles. The minimum atomic E-state index is 0.254. The predicted octanol–water partition coefficient (Wildman–Crippen LogP) is 2.92. The van der Waals surface area contributed by atoms with Crippen LogP contribution in [0.1, 0.15) is 25.3 Å². The second-order valence-electron chi connectivity index (χ2n) is 5.43. The zero-order valence-electron chi connectivity index (χ0n) is 11.2. The average Bonchev–Trinajstić information content (AvgIpc) is 3.02. The third-order valence-electron chi connectivity index (χ3n) is 3.76. The van der Waals surface area contributed by atoms with E-state index in [1.54, 1.807) is 11.3 Å². The van der Waals surface area contributed by atoms with Crippen LogP contribution in [0.4, 0.5) is 0 Å². The number of aliphatic imine (C=N–C) groups is 1. The molecule has 2 aliphatic rings. The van der Waals surface area contributed by atoms with Crippen molar-refractivity contribution in [2.24, 2.45) is 4.99 Å². The van der Waals surface area contributed by atoms with Crippen molar-refractivity contribution in [3.63, 3.8) is 0 Å². The molecule has 1 atom stereocenters. The number of nitrogens with zero attached hydrogens (tertiary/aromatic N) is 1. The molecule has 104 valence electrons. The van der Waals surface area contributed by atoms with Gasteiger partial charge >= 0.3 is 0 Å². The molecule has 1 N–H and O–H groups in total. The van der Waals surface area contributed by atoms with Crippen LogP contribution in [0.2, 0.25) is 0 Å². The molecular weight excluding hydrogens is 276 g/mol. The van der Waals surface area contributed by atoms with Crippen molar-refractivity contribution < 1.29 is 4.74 Å². The summed E-state index contributed by atoms with van der Waals surface area (Å²) in [5.41, 5.74) is 1.65. The molecule has 1 spiro atoms. The van der Waals surface area contributed by atoms with Crippen LogP contribution >= 0.6 is 23.1 Å². The molecule has 0 aliphatic carbocycles. The van der Waals surface area contributed by atoms with Gasteiger partial charge in [-0.05, 0) is 48.6 Å². The molecule has 1 aromatic heterocycles. The number of thiophene rings is 1. The van der Waals surface area contributed by atoms with E-state index in [0.29, 0.717) is 6.04 Å². The lowest BCUT2D eigenvalue weighted by Gasteiger charge is -2.32. The molecule has 5 heteroatoms. The maximum absolute atomic E-state index is 5.45. The van der Waals surface area contributed by atoms with Gasteiger partial charge in [0.05, 0.1) is 11.6 Å². The van der Waals surface area contributed by atoms with Gasteiger partial charge < -0.3 is 10.1 Å². The normalized spacial score (nSPS) is 25.6. The first-order chi connectivity index (χ1) is 9.26. The van der Waals surface area contributed by atoms with Crippen LogP contribution in [-0.4, -0.2) is 35.7 Å². The summed E-state index contributed by atoms with van der Waals surface area (Å²) < 4.78 is 5.45. The molecule has 3 nitrogen and oxygen atoms in total. The Morgan fingerprint density at radius 2 is 2.32 bits per heavy atom. The maximum atomic E-state index is 5.45. The highest BCUT2D eigenvalue weighted by Crippen LogP contribution is 2.32. The molecule has 0 saturated carbocycles. The molecule has 0 bridgehead atoms. The van der Waals surface area contributed by atoms with Gasteiger partial charge in [-0.25, -0.2) is 0 Å². The first-order valence-electron chi connectivity index (χ1n) is 6.83. The van der Waals surface area contributed by atoms with E-state index in [0.717, 1.165) is 43.4 Å². The van der Waals surface area contributed by atoms with Crippen LogP contribution in [0.15, 0.2) is 21.8 Å². The second-order valence-corrected chi connectivity index (χ2v) is 7.17. The van der Waals surface area contributed by atoms with Gasteiger partial charge in [-0.3, -0.25) is 4.99 Å². The van der Waals surface area contributed by atoms with E-state index in [2.05, 4.69) is 29.1 Å². The SMILES string of the molecule is CC(Cc1ccsc1)N=C1NC2(CCOCC2)CS1. The second kappa shape index (κ2) is 5.85. The van der Waals surface area contributed by atoms with E-state index in [4.69, 9.17) is 9.73 Å². The van der Waals surface area contributed by atoms with Gasteiger partial charge in [0.15, 0.2) is 5.17 Å². The summed E-state index contributed by atoms with van der Waals surface area (Å²) in [4.78, 5) is 4.83. The molecule has 2 saturated heterocycles. The largest absolute Gasteiger partial charge is 0.381 e. The molecule has 1 unspecified atom stereocenters. The summed E-state index contributed by atoms with van der Waals surface area (Å²) in [5.74, 6) is 1.14. The van der Waals surface area contributed by atoms with E-state index in [1.165, 1.54) is 5.56 Å². The highest BCUT2D eigenvalue weighted by molar-refractivity contribution is 8.14. The Morgan fingerprint density at radius 1 is 1.47 bits per heavy atom. The quantitative estimate of drug-likeness (QED) is 0.931. The van der Waals surface area contributed by atoms with E-state index in [1.807, 2.05) is 11.8 Å². The fourth-order valence-electron chi connectivity index (χ4n) is 2.60. The van der Waals surface area contributed by atoms with Gasteiger partial charge in [-0.2, -0.15) is 11.3 Å². The third-order valence-corrected chi connectivity index (χ3v) is 5.67. The Morgan fingerprint density at radius 3 is 3.05 bits per heavy atom. The predicted molar refractivity (Wildman–Crippen MR) is 83.3 cm³/mol. The zero-order chi connectivity index (χ0) is 13.1. The standard InChI is InChI=1S/C14H20N2OS2/c1-11(8-12-2-7-18-9-12)15-13-16-14(10-19-13)3-5-17-6-4-14/h2,7,9,11H,3-6,8,10H2,1H3,(H,15,16). The van der Waals surface area contributed by atoms with Crippen LogP contribution in [-0.2, 0) is 11.2 Å². The fraction of sp³-hybridized carbons (Fsp3) is 0.643. The zero-order valence-corrected chi connectivity index (χ0v) is 12.9. The fourth-order valence-corrected chi connectivity index (χ4v) is 4.60. The number of hydrogen-bond acceptors (Lipinski definition) is 4. The van der Waals surface area contributed by atoms with Crippen LogP contribution in [0.25, 0.3) is 0 Å². The molecule has 0 amide bonds. The van der Waals surface area contributed by atoms with Gasteiger partial charge in [0.2, 0.25) is 0 Å². The molecule has 0 radical (unpaired) electrons. The highest BCUT2D eigenvalue weighted by atomic mass is 32.2. The Bertz CT molecular complexity index is 438. The van der Waals surface area contributed by atoms with Gasteiger partial charge in [-0.15, -0.1) is 0 Å². The minimum Gasteiger partial charge on any atom is -0.381 e. The number of nitrogens with one attached hydrogen (secondary N) is 1. The number of rotatable bonds is 3. The maximum Gasteiger partial charge on any atom is 0.157 e. The summed E-state index contributed by atoms with van der Waals surface area (Å²) >= 11 is 3.63. The third kappa shape index (κ3) is 3.33. The molecule has 3 rings (SSSR count). The minimum absolute atomic E-state index is 0.254. The Labute approximate surface area is 122 Å². The van der Waals surface area contributed by atoms with E-state index < -0.39 is 0 Å². The lowest BCUT2D eigenvalue weighted by Crippen LogP contribution is -2.48. The van der Waals surface area contributed by atoms with Crippen molar-refractivity contribution >= 4 is 28.3 Å². The smallest absolute Gasteiger partial charge is 0.157 e. The lowest BCUT2D eigenvalue weighted by molar-refractivity contribution is 0.0555. The molecule has 1 aromatic rings. The van der Waals surface area contributed by atoms with E-state index in [9.17, 15) is 0 Å².